The maximum atomic E-state index is 5.96. The number of piperidine rings is 7. The molecule has 17 aliphatic rings. The number of piperazine rings is 5. The first kappa shape index (κ1) is 88.5. The first-order valence-electron chi connectivity index (χ1n) is 39.5. The van der Waals surface area contributed by atoms with Crippen LogP contribution in [-0.4, -0.2) is 386 Å². The van der Waals surface area contributed by atoms with E-state index in [1.165, 1.54) is 247 Å². The van der Waals surface area contributed by atoms with E-state index >= 15 is 0 Å². The van der Waals surface area contributed by atoms with Crippen LogP contribution in [-0.2, 0) is 0 Å². The minimum absolute atomic E-state index is 0. The van der Waals surface area contributed by atoms with Crippen LogP contribution in [0.4, 0.5) is 0 Å². The maximum absolute atomic E-state index is 5.96. The Morgan fingerprint density at radius 3 is 1.31 bits per heavy atom. The molecular weight excluding hydrogens is 1210 g/mol. The van der Waals surface area contributed by atoms with Crippen LogP contribution in [0, 0.1) is 23.7 Å². The normalized spacial score (nSPS) is 36.2. The molecule has 0 aromatic carbocycles. The number of rotatable bonds is 2. The number of fused-ring (bicyclic) bond motifs is 11. The van der Waals surface area contributed by atoms with Gasteiger partial charge in [-0.05, 0) is 284 Å². The zero-order chi connectivity index (χ0) is 70.1. The third-order valence-corrected chi connectivity index (χ3v) is 23.8. The highest BCUT2D eigenvalue weighted by Crippen LogP contribution is 2.35. The lowest BCUT2D eigenvalue weighted by atomic mass is 9.77. The lowest BCUT2D eigenvalue weighted by Crippen LogP contribution is -2.55. The van der Waals surface area contributed by atoms with E-state index in [-0.39, 0.29) is 7.43 Å². The minimum Gasteiger partial charge on any atom is -0.330 e. The average molecular weight is 1380 g/mol. The second kappa shape index (κ2) is 49.0. The van der Waals surface area contributed by atoms with Gasteiger partial charge in [0.1, 0.15) is 0 Å². The van der Waals surface area contributed by atoms with Crippen molar-refractivity contribution < 1.29 is 0 Å². The highest BCUT2D eigenvalue weighted by atomic mass is 15.3. The molecule has 8 bridgehead atoms. The number of nitrogens with zero attached hydrogens (tertiary/aromatic N) is 12. The fraction of sp³-hybridized carbons (Fsp3) is 1.00. The van der Waals surface area contributed by atoms with E-state index in [1.54, 1.807) is 0 Å². The first-order valence-corrected chi connectivity index (χ1v) is 39.5. The van der Waals surface area contributed by atoms with E-state index < -0.39 is 0 Å². The monoisotopic (exact) mass is 1380 g/mol. The standard InChI is InChI=1S/2C8H16N2.2C7H14N2.3C7H16N2.3C6H14N2.C5H12N2.CH4/c1-10-5-6-2-3-7(10)4-8(6)9;1-10-6-7-3-2-4-8(10)5-9-7;1-9-4-5-2-6(9)3-7(5)8;1-8-4-5-9-3-2-7(8)6-9;1-6-4-9(3)5-7(2)8-6;1-9-4-2-7(6-8)3-5-9;1-9-4-2-3-7(5-8)6-9;1-6-5-8(2)4-3-7-6;1-8-4-2-6(7)3-5-8;1-8-4-2-3-6(7)5-8;1-7-4-2-6-3-5-7;/h6-8H,2-5,9H2,1H3;7-9H,2-6H2,1H3;5-7H,2-4,8H2,1H3;7H,2-6H2,1H3;6-8H,4-5H2,1-3H3;2*7H,2-6,8H2,1H3;6-7H,3-5H2,1-2H3;2*6H,2-5,7H2,1H3;6H,2-5H2,1H3;1H4. The Labute approximate surface area is 599 Å². The Bertz CT molecular complexity index is 1800. The van der Waals surface area contributed by atoms with Crippen LogP contribution in [0.25, 0.3) is 0 Å². The van der Waals surface area contributed by atoms with Crippen molar-refractivity contribution in [3.63, 3.8) is 0 Å². The third-order valence-electron chi connectivity index (χ3n) is 23.8. The van der Waals surface area contributed by atoms with Gasteiger partial charge in [0.25, 0.3) is 0 Å². The molecule has 15 aliphatic heterocycles. The highest BCUT2D eigenvalue weighted by Gasteiger charge is 2.41. The largest absolute Gasteiger partial charge is 0.330 e. The van der Waals surface area contributed by atoms with Crippen LogP contribution in [0.3, 0.4) is 0 Å². The van der Waals surface area contributed by atoms with E-state index in [4.69, 9.17) is 34.4 Å². The molecule has 97 heavy (non-hydrogen) atoms. The fourth-order valence-electron chi connectivity index (χ4n) is 17.1. The topological polar surface area (TPSA) is 243 Å². The molecule has 0 amide bonds. The molecule has 15 saturated heterocycles. The molecule has 17 rings (SSSR count). The van der Waals surface area contributed by atoms with E-state index in [0.29, 0.717) is 42.3 Å². The molecule has 0 aromatic heterocycles. The Morgan fingerprint density at radius 2 is 0.887 bits per heavy atom. The van der Waals surface area contributed by atoms with Crippen molar-refractivity contribution in [1.29, 1.82) is 0 Å². The fourth-order valence-corrected chi connectivity index (χ4v) is 17.1. The Kier molecular flexibility index (Phi) is 44.7. The molecule has 22 nitrogen and oxygen atoms in total. The van der Waals surface area contributed by atoms with Crippen LogP contribution >= 0.6 is 0 Å². The van der Waals surface area contributed by atoms with Gasteiger partial charge in [0.15, 0.2) is 0 Å². The molecule has 15 atom stereocenters. The van der Waals surface area contributed by atoms with Crippen molar-refractivity contribution >= 4 is 0 Å². The zero-order valence-electron chi connectivity index (χ0n) is 65.2. The van der Waals surface area contributed by atoms with Gasteiger partial charge in [0, 0.05) is 190 Å². The third kappa shape index (κ3) is 36.1. The van der Waals surface area contributed by atoms with Gasteiger partial charge in [0.05, 0.1) is 0 Å². The van der Waals surface area contributed by atoms with E-state index in [9.17, 15) is 0 Å². The van der Waals surface area contributed by atoms with Crippen LogP contribution < -0.4 is 55.7 Å². The van der Waals surface area contributed by atoms with Gasteiger partial charge in [0.2, 0.25) is 0 Å². The summed E-state index contributed by atoms with van der Waals surface area (Å²) in [5, 5.41) is 13.7. The predicted molar refractivity (Wildman–Crippen MR) is 418 cm³/mol. The molecule has 0 spiro atoms. The molecule has 22 heteroatoms. The van der Waals surface area contributed by atoms with Crippen molar-refractivity contribution in [2.45, 2.75) is 210 Å². The average Bonchev–Trinajstić information content (AvgIpc) is 1.76. The van der Waals surface area contributed by atoms with Gasteiger partial charge < -0.3 is 114 Å². The van der Waals surface area contributed by atoms with Crippen LogP contribution in [0.1, 0.15) is 137 Å². The Hall–Kier alpha value is -0.880. The van der Waals surface area contributed by atoms with Gasteiger partial charge in [-0.3, -0.25) is 0 Å². The highest BCUT2D eigenvalue weighted by molar-refractivity contribution is 4.98. The van der Waals surface area contributed by atoms with Crippen molar-refractivity contribution in [3.8, 4) is 0 Å². The summed E-state index contributed by atoms with van der Waals surface area (Å²) in [5.74, 6) is 3.19. The van der Waals surface area contributed by atoms with Crippen LogP contribution in [0.2, 0.25) is 0 Å². The molecule has 2 aliphatic carbocycles. The number of likely N-dealkylation sites (N-methyl/N-ethyl adjacent to an activating group) is 6. The summed E-state index contributed by atoms with van der Waals surface area (Å²) in [7, 11) is 24.0. The molecule has 15 heterocycles. The first-order chi connectivity index (χ1) is 45.9. The molecule has 2 saturated carbocycles. The van der Waals surface area contributed by atoms with Crippen LogP contribution in [0.15, 0.2) is 0 Å². The van der Waals surface area contributed by atoms with Gasteiger partial charge in [-0.2, -0.15) is 0 Å². The quantitative estimate of drug-likeness (QED) is 0.190. The molecular formula is C75H166N22. The number of hydrogen-bond donors (Lipinski definition) is 10. The number of hydrogen-bond acceptors (Lipinski definition) is 22. The summed E-state index contributed by atoms with van der Waals surface area (Å²) in [6, 6.07) is 8.11. The summed E-state index contributed by atoms with van der Waals surface area (Å²) in [4.78, 5) is 28.8. The Balaban J connectivity index is 0.000000227. The molecule has 0 aromatic rings. The van der Waals surface area contributed by atoms with Crippen molar-refractivity contribution in [1.82, 2.24) is 80.1 Å². The van der Waals surface area contributed by atoms with Gasteiger partial charge in [-0.1, -0.05) is 13.8 Å². The van der Waals surface area contributed by atoms with Crippen molar-refractivity contribution in [2.24, 2.45) is 58.1 Å². The zero-order valence-corrected chi connectivity index (χ0v) is 65.2. The second-order valence-electron chi connectivity index (χ2n) is 33.3. The summed E-state index contributed by atoms with van der Waals surface area (Å²) in [6.45, 7) is 38.9. The number of likely N-dealkylation sites (tertiary alicyclic amines) is 5. The summed E-state index contributed by atoms with van der Waals surface area (Å²) >= 11 is 0. The SMILES string of the molecule is C.CC1CN(C)CC(C)N1.CC1CN(C)CCN1.CN1CC2CC1CC2N.CN1CC2CCC1CC2N.CN1CC2CCCC1CN2.CN1CCC(CN)CC1.CN1CCC(N)CC1.CN1CCCC(CN)C1.CN1CCCC(N)C1.CN1CCN2CCC1C2.CN1CCNCC1. The maximum Gasteiger partial charge on any atom is 0.0232 e. The lowest BCUT2D eigenvalue weighted by molar-refractivity contribution is 0.0556. The summed E-state index contributed by atoms with van der Waals surface area (Å²) < 4.78 is 0. The van der Waals surface area contributed by atoms with E-state index in [2.05, 4.69) is 178 Å². The van der Waals surface area contributed by atoms with Crippen molar-refractivity contribution in [2.75, 3.05) is 254 Å². The smallest absolute Gasteiger partial charge is 0.0232 e. The number of nitrogens with one attached hydrogen (secondary N) is 4. The summed E-state index contributed by atoms with van der Waals surface area (Å²) in [6.07, 6.45) is 22.3. The van der Waals surface area contributed by atoms with Crippen LogP contribution in [0.5, 0.6) is 0 Å². The van der Waals surface area contributed by atoms with Gasteiger partial charge in [-0.25, -0.2) is 0 Å². The minimum atomic E-state index is 0. The predicted octanol–water partition coefficient (Wildman–Crippen LogP) is 1.93. The van der Waals surface area contributed by atoms with E-state index in [0.717, 1.165) is 93.1 Å². The van der Waals surface area contributed by atoms with Gasteiger partial charge >= 0.3 is 0 Å². The Morgan fingerprint density at radius 1 is 0.340 bits per heavy atom. The second-order valence-corrected chi connectivity index (χ2v) is 33.3. The van der Waals surface area contributed by atoms with Gasteiger partial charge in [-0.15, -0.1) is 0 Å². The van der Waals surface area contributed by atoms with Crippen molar-refractivity contribution in [3.05, 3.63) is 0 Å². The van der Waals surface area contributed by atoms with E-state index in [1.807, 2.05) is 0 Å². The molecule has 17 fully saturated rings. The molecule has 576 valence electrons. The number of nitrogens with two attached hydrogens (primary N) is 6. The molecule has 0 radical (unpaired) electrons. The molecule has 16 N–H and O–H groups in total. The molecule has 15 unspecified atom stereocenters. The lowest BCUT2D eigenvalue weighted by Gasteiger charge is -2.46. The summed E-state index contributed by atoms with van der Waals surface area (Å²) in [5.41, 5.74) is 34.2.